The van der Waals surface area contributed by atoms with Crippen molar-refractivity contribution < 1.29 is 9.59 Å². The summed E-state index contributed by atoms with van der Waals surface area (Å²) in [4.78, 5) is 28.7. The van der Waals surface area contributed by atoms with Crippen molar-refractivity contribution in [2.24, 2.45) is 5.92 Å². The number of nitrogens with zero attached hydrogens (tertiary/aromatic N) is 3. The molecule has 0 fully saturated rings. The van der Waals surface area contributed by atoms with Gasteiger partial charge >= 0.3 is 0 Å². The summed E-state index contributed by atoms with van der Waals surface area (Å²) >= 11 is 0. The van der Waals surface area contributed by atoms with Crippen molar-refractivity contribution in [3.63, 3.8) is 0 Å². The molecule has 6 nitrogen and oxygen atoms in total. The highest BCUT2D eigenvalue weighted by Gasteiger charge is 2.17. The number of nitrogens with one attached hydrogen (secondary N) is 1. The number of amides is 2. The van der Waals surface area contributed by atoms with Crippen LogP contribution in [0.4, 0.5) is 5.69 Å². The molecule has 0 aliphatic heterocycles. The fourth-order valence-corrected chi connectivity index (χ4v) is 2.64. The van der Waals surface area contributed by atoms with Crippen LogP contribution in [0.2, 0.25) is 0 Å². The first-order valence-corrected chi connectivity index (χ1v) is 9.64. The fourth-order valence-electron chi connectivity index (χ4n) is 2.64. The van der Waals surface area contributed by atoms with Gasteiger partial charge < -0.3 is 15.1 Å². The molecule has 2 aromatic rings. The third kappa shape index (κ3) is 6.74. The summed E-state index contributed by atoms with van der Waals surface area (Å²) in [6.45, 7) is 5.45. The average Bonchev–Trinajstić information content (AvgIpc) is 2.71. The summed E-state index contributed by atoms with van der Waals surface area (Å²) in [5, 5.41) is 11.8. The molecule has 29 heavy (non-hydrogen) atoms. The largest absolute Gasteiger partial charge is 0.333 e. The molecule has 0 aromatic heterocycles. The van der Waals surface area contributed by atoms with E-state index < -0.39 is 0 Å². The van der Waals surface area contributed by atoms with E-state index in [4.69, 9.17) is 5.26 Å². The lowest BCUT2D eigenvalue weighted by molar-refractivity contribution is -0.118. The molecule has 6 heteroatoms. The highest BCUT2D eigenvalue weighted by Crippen LogP contribution is 2.15. The van der Waals surface area contributed by atoms with Crippen LogP contribution < -0.4 is 5.32 Å². The summed E-state index contributed by atoms with van der Waals surface area (Å²) in [5.74, 6) is -0.235. The molecule has 0 atom stereocenters. The minimum absolute atomic E-state index is 0.0579. The molecule has 0 aliphatic carbocycles. The molecule has 0 saturated carbocycles. The monoisotopic (exact) mass is 392 g/mol. The van der Waals surface area contributed by atoms with Gasteiger partial charge in [0.1, 0.15) is 0 Å². The molecular weight excluding hydrogens is 364 g/mol. The molecule has 0 unspecified atom stereocenters. The number of anilines is 1. The van der Waals surface area contributed by atoms with Crippen LogP contribution in [0.25, 0.3) is 0 Å². The van der Waals surface area contributed by atoms with Crippen LogP contribution in [-0.2, 0) is 11.3 Å². The van der Waals surface area contributed by atoms with Crippen molar-refractivity contribution in [1.82, 2.24) is 9.80 Å². The Morgan fingerprint density at radius 1 is 1.00 bits per heavy atom. The quantitative estimate of drug-likeness (QED) is 0.747. The number of hydrogen-bond donors (Lipinski definition) is 1. The van der Waals surface area contributed by atoms with E-state index in [1.54, 1.807) is 41.3 Å². The van der Waals surface area contributed by atoms with Crippen LogP contribution in [0.3, 0.4) is 0 Å². The molecule has 0 heterocycles. The first-order valence-electron chi connectivity index (χ1n) is 9.64. The van der Waals surface area contributed by atoms with E-state index in [2.05, 4.69) is 11.4 Å². The Bertz CT molecular complexity index is 865. The number of carbonyl (C=O) groups excluding carboxylic acids is 2. The third-order valence-electron chi connectivity index (χ3n) is 4.48. The summed E-state index contributed by atoms with van der Waals surface area (Å²) in [7, 11) is 3.94. The maximum atomic E-state index is 13.1. The number of hydrogen-bond acceptors (Lipinski definition) is 4. The molecule has 1 N–H and O–H groups in total. The van der Waals surface area contributed by atoms with Gasteiger partial charge in [-0.25, -0.2) is 0 Å². The molecular formula is C23H28N4O2. The van der Waals surface area contributed by atoms with Crippen LogP contribution in [0, 0.1) is 17.2 Å². The standard InChI is InChI=1S/C23H28N4O2/c1-17(2)22(28)25-21-11-9-20(10-12-21)23(29)27(14-13-26(3)4)16-19-7-5-18(15-24)6-8-19/h5-12,17H,13-14,16H2,1-4H3,(H,25,28). The van der Waals surface area contributed by atoms with Crippen molar-refractivity contribution in [2.75, 3.05) is 32.5 Å². The SMILES string of the molecule is CC(C)C(=O)Nc1ccc(C(=O)N(CCN(C)C)Cc2ccc(C#N)cc2)cc1. The number of rotatable bonds is 8. The number of nitriles is 1. The molecule has 2 rings (SSSR count). The van der Waals surface area contributed by atoms with Gasteiger partial charge in [-0.1, -0.05) is 26.0 Å². The summed E-state index contributed by atoms with van der Waals surface area (Å²) in [5.41, 5.74) is 2.81. The molecule has 2 amide bonds. The summed E-state index contributed by atoms with van der Waals surface area (Å²) < 4.78 is 0. The van der Waals surface area contributed by atoms with Crippen molar-refractivity contribution in [3.8, 4) is 6.07 Å². The molecule has 2 aromatic carbocycles. The van der Waals surface area contributed by atoms with Gasteiger partial charge in [0, 0.05) is 36.8 Å². The molecule has 0 bridgehead atoms. The van der Waals surface area contributed by atoms with Gasteiger partial charge in [0.05, 0.1) is 11.6 Å². The van der Waals surface area contributed by atoms with E-state index in [0.29, 0.717) is 29.9 Å². The smallest absolute Gasteiger partial charge is 0.254 e. The second kappa shape index (κ2) is 10.4. The third-order valence-corrected chi connectivity index (χ3v) is 4.48. The predicted octanol–water partition coefficient (Wildman–Crippen LogP) is 3.36. The maximum absolute atomic E-state index is 13.1. The Morgan fingerprint density at radius 2 is 1.62 bits per heavy atom. The minimum atomic E-state index is -0.106. The Hall–Kier alpha value is -3.17. The lowest BCUT2D eigenvalue weighted by atomic mass is 10.1. The first kappa shape index (κ1) is 22.1. The summed E-state index contributed by atoms with van der Waals surface area (Å²) in [6, 6.07) is 16.3. The first-order chi connectivity index (χ1) is 13.8. The van der Waals surface area contributed by atoms with E-state index in [1.165, 1.54) is 0 Å². The number of likely N-dealkylation sites (N-methyl/N-ethyl adjacent to an activating group) is 1. The zero-order valence-corrected chi connectivity index (χ0v) is 17.5. The Balaban J connectivity index is 2.15. The Morgan fingerprint density at radius 3 is 2.14 bits per heavy atom. The van der Waals surface area contributed by atoms with Crippen LogP contribution in [0.5, 0.6) is 0 Å². The van der Waals surface area contributed by atoms with Crippen LogP contribution in [0.1, 0.15) is 35.3 Å². The van der Waals surface area contributed by atoms with Crippen LogP contribution in [-0.4, -0.2) is 48.8 Å². The van der Waals surface area contributed by atoms with E-state index in [1.807, 2.05) is 45.0 Å². The minimum Gasteiger partial charge on any atom is -0.333 e. The fraction of sp³-hybridized carbons (Fsp3) is 0.348. The summed E-state index contributed by atoms with van der Waals surface area (Å²) in [6.07, 6.45) is 0. The Kier molecular flexibility index (Phi) is 7.93. The lowest BCUT2D eigenvalue weighted by Gasteiger charge is -2.25. The second-order valence-corrected chi connectivity index (χ2v) is 7.56. The van der Waals surface area contributed by atoms with Crippen molar-refractivity contribution in [3.05, 3.63) is 65.2 Å². The lowest BCUT2D eigenvalue weighted by Crippen LogP contribution is -2.36. The van der Waals surface area contributed by atoms with Crippen molar-refractivity contribution >= 4 is 17.5 Å². The topological polar surface area (TPSA) is 76.4 Å². The number of benzene rings is 2. The zero-order chi connectivity index (χ0) is 21.4. The van der Waals surface area contributed by atoms with Crippen LogP contribution >= 0.6 is 0 Å². The highest BCUT2D eigenvalue weighted by molar-refractivity contribution is 5.96. The van der Waals surface area contributed by atoms with E-state index in [-0.39, 0.29) is 17.7 Å². The second-order valence-electron chi connectivity index (χ2n) is 7.56. The average molecular weight is 393 g/mol. The van der Waals surface area contributed by atoms with Gasteiger partial charge in [-0.15, -0.1) is 0 Å². The highest BCUT2D eigenvalue weighted by atomic mass is 16.2. The van der Waals surface area contributed by atoms with Crippen LogP contribution in [0.15, 0.2) is 48.5 Å². The maximum Gasteiger partial charge on any atom is 0.254 e. The zero-order valence-electron chi connectivity index (χ0n) is 17.5. The molecule has 0 saturated heterocycles. The predicted molar refractivity (Wildman–Crippen MR) is 114 cm³/mol. The van der Waals surface area contributed by atoms with E-state index in [9.17, 15) is 9.59 Å². The van der Waals surface area contributed by atoms with Crippen molar-refractivity contribution in [1.29, 1.82) is 5.26 Å². The van der Waals surface area contributed by atoms with E-state index >= 15 is 0 Å². The van der Waals surface area contributed by atoms with Gasteiger partial charge in [-0.3, -0.25) is 9.59 Å². The van der Waals surface area contributed by atoms with Gasteiger partial charge in [0.15, 0.2) is 0 Å². The van der Waals surface area contributed by atoms with Gasteiger partial charge in [-0.2, -0.15) is 5.26 Å². The van der Waals surface area contributed by atoms with Crippen molar-refractivity contribution in [2.45, 2.75) is 20.4 Å². The molecule has 0 aliphatic rings. The molecule has 152 valence electrons. The normalized spacial score (nSPS) is 10.7. The van der Waals surface area contributed by atoms with Gasteiger partial charge in [0.2, 0.25) is 5.91 Å². The van der Waals surface area contributed by atoms with Gasteiger partial charge in [-0.05, 0) is 56.1 Å². The van der Waals surface area contributed by atoms with Gasteiger partial charge in [0.25, 0.3) is 5.91 Å². The number of carbonyl (C=O) groups is 2. The Labute approximate surface area is 172 Å². The molecule has 0 radical (unpaired) electrons. The van der Waals surface area contributed by atoms with E-state index in [0.717, 1.165) is 12.1 Å². The molecule has 0 spiro atoms.